The molecule has 23 heavy (non-hydrogen) atoms. The molecule has 0 aliphatic heterocycles. The van der Waals surface area contributed by atoms with E-state index in [0.717, 1.165) is 41.4 Å². The van der Waals surface area contributed by atoms with E-state index < -0.39 is 0 Å². The van der Waals surface area contributed by atoms with Crippen LogP contribution in [0.2, 0.25) is 0 Å². The van der Waals surface area contributed by atoms with E-state index in [9.17, 15) is 9.59 Å². The van der Waals surface area contributed by atoms with E-state index in [0.29, 0.717) is 18.7 Å². The molecule has 1 aliphatic carbocycles. The zero-order valence-electron chi connectivity index (χ0n) is 12.6. The van der Waals surface area contributed by atoms with Gasteiger partial charge in [0.1, 0.15) is 0 Å². The number of aromatic nitrogens is 3. The summed E-state index contributed by atoms with van der Waals surface area (Å²) in [4.78, 5) is 28.0. The number of hydrogen-bond acceptors (Lipinski definition) is 4. The topological polar surface area (TPSA) is 76.9 Å². The van der Waals surface area contributed by atoms with Gasteiger partial charge in [0.2, 0.25) is 0 Å². The molecule has 0 saturated heterocycles. The lowest BCUT2D eigenvalue weighted by molar-refractivity contribution is 0.0951. The summed E-state index contributed by atoms with van der Waals surface area (Å²) in [5.41, 5.74) is 2.45. The van der Waals surface area contributed by atoms with Gasteiger partial charge in [0.05, 0.1) is 17.8 Å². The number of rotatable bonds is 4. The first-order valence-corrected chi connectivity index (χ1v) is 8.41. The van der Waals surface area contributed by atoms with Crippen LogP contribution < -0.4 is 10.9 Å². The van der Waals surface area contributed by atoms with Crippen molar-refractivity contribution in [3.63, 3.8) is 0 Å². The van der Waals surface area contributed by atoms with Crippen LogP contribution in [-0.4, -0.2) is 27.2 Å². The molecule has 1 aliphatic rings. The molecule has 0 radical (unpaired) electrons. The predicted molar refractivity (Wildman–Crippen MR) is 89.4 cm³/mol. The molecule has 2 aromatic heterocycles. The normalized spacial score (nSPS) is 13.4. The maximum atomic E-state index is 12.1. The van der Waals surface area contributed by atoms with Crippen molar-refractivity contribution >= 4 is 21.8 Å². The Morgan fingerprint density at radius 2 is 2.09 bits per heavy atom. The van der Waals surface area contributed by atoms with Gasteiger partial charge in [-0.3, -0.25) is 14.6 Å². The van der Waals surface area contributed by atoms with Crippen molar-refractivity contribution in [3.8, 4) is 0 Å². The van der Waals surface area contributed by atoms with E-state index in [2.05, 4.69) is 31.3 Å². The fourth-order valence-corrected chi connectivity index (χ4v) is 3.04. The van der Waals surface area contributed by atoms with Gasteiger partial charge in [0.15, 0.2) is 0 Å². The highest BCUT2D eigenvalue weighted by Gasteiger charge is 2.13. The summed E-state index contributed by atoms with van der Waals surface area (Å²) in [6.45, 7) is 0.705. The molecule has 7 heteroatoms. The Labute approximate surface area is 142 Å². The van der Waals surface area contributed by atoms with Crippen molar-refractivity contribution in [2.75, 3.05) is 6.54 Å². The molecule has 2 aromatic rings. The van der Waals surface area contributed by atoms with E-state index >= 15 is 0 Å². The van der Waals surface area contributed by atoms with Gasteiger partial charge < -0.3 is 5.32 Å². The number of nitrogens with zero attached hydrogens (tertiary/aromatic N) is 3. The first-order chi connectivity index (χ1) is 11.1. The lowest BCUT2D eigenvalue weighted by Crippen LogP contribution is -2.33. The van der Waals surface area contributed by atoms with Gasteiger partial charge >= 0.3 is 0 Å². The molecular weight excluding hydrogens is 360 g/mol. The molecule has 2 heterocycles. The van der Waals surface area contributed by atoms with Crippen LogP contribution in [0.4, 0.5) is 0 Å². The lowest BCUT2D eigenvalue weighted by atomic mass is 9.97. The number of aryl methyl sites for hydroxylation is 2. The number of nitrogens with one attached hydrogen (secondary N) is 1. The smallest absolute Gasteiger partial charge is 0.267 e. The number of carbonyl (C=O) groups excluding carboxylic acids is 1. The molecule has 0 spiro atoms. The number of halogens is 1. The highest BCUT2D eigenvalue weighted by atomic mass is 79.9. The Morgan fingerprint density at radius 3 is 2.91 bits per heavy atom. The minimum Gasteiger partial charge on any atom is -0.350 e. The number of fused-ring (bicyclic) bond motifs is 1. The second-order valence-electron chi connectivity index (χ2n) is 5.53. The van der Waals surface area contributed by atoms with Crippen molar-refractivity contribution in [1.29, 1.82) is 0 Å². The molecule has 0 aromatic carbocycles. The average molecular weight is 377 g/mol. The van der Waals surface area contributed by atoms with E-state index in [1.807, 2.05) is 0 Å². The molecule has 1 N–H and O–H groups in total. The molecule has 0 fully saturated rings. The van der Waals surface area contributed by atoms with Crippen LogP contribution in [0.25, 0.3) is 0 Å². The van der Waals surface area contributed by atoms with Crippen LogP contribution in [0, 0.1) is 0 Å². The summed E-state index contributed by atoms with van der Waals surface area (Å²) in [5.74, 6) is -0.218. The summed E-state index contributed by atoms with van der Waals surface area (Å²) in [6, 6.07) is 3.38. The largest absolute Gasteiger partial charge is 0.350 e. The zero-order valence-corrected chi connectivity index (χ0v) is 14.2. The molecule has 1 amide bonds. The Bertz CT molecular complexity index is 788. The lowest BCUT2D eigenvalue weighted by Gasteiger charge is -2.16. The molecule has 120 valence electrons. The van der Waals surface area contributed by atoms with Crippen molar-refractivity contribution < 1.29 is 4.79 Å². The Balaban J connectivity index is 1.62. The van der Waals surface area contributed by atoms with Gasteiger partial charge in [0.25, 0.3) is 11.5 Å². The minimum absolute atomic E-state index is 0.107. The monoisotopic (exact) mass is 376 g/mol. The Kier molecular flexibility index (Phi) is 4.85. The van der Waals surface area contributed by atoms with E-state index in [-0.39, 0.29) is 11.5 Å². The summed E-state index contributed by atoms with van der Waals surface area (Å²) in [5, 5.41) is 7.21. The number of pyridine rings is 1. The van der Waals surface area contributed by atoms with Crippen LogP contribution in [0.15, 0.2) is 33.8 Å². The van der Waals surface area contributed by atoms with Gasteiger partial charge in [-0.2, -0.15) is 5.10 Å². The third kappa shape index (κ3) is 3.85. The third-order valence-electron chi connectivity index (χ3n) is 3.85. The van der Waals surface area contributed by atoms with Gasteiger partial charge in [-0.05, 0) is 53.2 Å². The molecule has 0 unspecified atom stereocenters. The van der Waals surface area contributed by atoms with E-state index in [1.54, 1.807) is 18.3 Å². The molecule has 0 bridgehead atoms. The van der Waals surface area contributed by atoms with Crippen molar-refractivity contribution in [2.24, 2.45) is 0 Å². The van der Waals surface area contributed by atoms with Crippen molar-refractivity contribution in [2.45, 2.75) is 32.2 Å². The SMILES string of the molecule is O=C(NCCn1nc2c(cc1=O)CCCC2)c1cncc(Br)c1. The Hall–Kier alpha value is -2.02. The van der Waals surface area contributed by atoms with Gasteiger partial charge in [0, 0.05) is 29.5 Å². The maximum Gasteiger partial charge on any atom is 0.267 e. The Morgan fingerprint density at radius 1 is 1.26 bits per heavy atom. The van der Waals surface area contributed by atoms with Crippen molar-refractivity contribution in [1.82, 2.24) is 20.1 Å². The van der Waals surface area contributed by atoms with E-state index in [4.69, 9.17) is 0 Å². The summed E-state index contributed by atoms with van der Waals surface area (Å²) in [6.07, 6.45) is 7.22. The summed E-state index contributed by atoms with van der Waals surface area (Å²) >= 11 is 3.28. The van der Waals surface area contributed by atoms with Crippen LogP contribution >= 0.6 is 15.9 Å². The quantitative estimate of drug-likeness (QED) is 0.880. The predicted octanol–water partition coefficient (Wildman–Crippen LogP) is 1.71. The van der Waals surface area contributed by atoms with Gasteiger partial charge in [-0.15, -0.1) is 0 Å². The summed E-state index contributed by atoms with van der Waals surface area (Å²) in [7, 11) is 0. The summed E-state index contributed by atoms with van der Waals surface area (Å²) < 4.78 is 2.18. The maximum absolute atomic E-state index is 12.1. The van der Waals surface area contributed by atoms with Crippen LogP contribution in [0.3, 0.4) is 0 Å². The standard InChI is InChI=1S/C16H17BrN4O2/c17-13-7-12(9-18-10-13)16(23)19-5-6-21-15(22)8-11-3-1-2-4-14(11)20-21/h7-10H,1-6H2,(H,19,23). The van der Waals surface area contributed by atoms with Crippen LogP contribution in [0.5, 0.6) is 0 Å². The molecule has 0 saturated carbocycles. The van der Waals surface area contributed by atoms with Gasteiger partial charge in [-0.1, -0.05) is 0 Å². The zero-order chi connectivity index (χ0) is 16.2. The number of carbonyl (C=O) groups is 1. The minimum atomic E-state index is -0.218. The fraction of sp³-hybridized carbons (Fsp3) is 0.375. The van der Waals surface area contributed by atoms with Crippen LogP contribution in [-0.2, 0) is 19.4 Å². The molecule has 0 atom stereocenters. The highest BCUT2D eigenvalue weighted by Crippen LogP contribution is 2.16. The molecule has 3 rings (SSSR count). The number of hydrogen-bond donors (Lipinski definition) is 1. The first-order valence-electron chi connectivity index (χ1n) is 7.62. The molecular formula is C16H17BrN4O2. The number of amides is 1. The van der Waals surface area contributed by atoms with Crippen molar-refractivity contribution in [3.05, 3.63) is 56.2 Å². The second-order valence-corrected chi connectivity index (χ2v) is 6.45. The fourth-order valence-electron chi connectivity index (χ4n) is 2.67. The van der Waals surface area contributed by atoms with Crippen LogP contribution in [0.1, 0.15) is 34.5 Å². The highest BCUT2D eigenvalue weighted by molar-refractivity contribution is 9.10. The second kappa shape index (κ2) is 7.04. The third-order valence-corrected chi connectivity index (χ3v) is 4.28. The first kappa shape index (κ1) is 15.9. The molecule has 6 nitrogen and oxygen atoms in total. The van der Waals surface area contributed by atoms with Gasteiger partial charge in [-0.25, -0.2) is 4.68 Å². The average Bonchev–Trinajstić information content (AvgIpc) is 2.55. The van der Waals surface area contributed by atoms with E-state index in [1.165, 1.54) is 10.9 Å².